The van der Waals surface area contributed by atoms with Crippen LogP contribution in [0.3, 0.4) is 0 Å². The molecule has 0 fully saturated rings. The summed E-state index contributed by atoms with van der Waals surface area (Å²) < 4.78 is 10.9. The van der Waals surface area contributed by atoms with Crippen LogP contribution in [-0.4, -0.2) is 42.5 Å². The lowest BCUT2D eigenvalue weighted by molar-refractivity contribution is -0.141. The molecule has 174 valence electrons. The van der Waals surface area contributed by atoms with Crippen LogP contribution in [0.2, 0.25) is 0 Å². The zero-order chi connectivity index (χ0) is 23.5. The summed E-state index contributed by atoms with van der Waals surface area (Å²) in [4.78, 5) is 27.6. The molecular weight excluding hydrogens is 404 g/mol. The topological polar surface area (TPSA) is 67.9 Å². The number of hydrogen-bond acceptors (Lipinski definition) is 4. The Labute approximate surface area is 191 Å². The number of rotatable bonds is 12. The number of amides is 2. The molecule has 32 heavy (non-hydrogen) atoms. The highest BCUT2D eigenvalue weighted by Crippen LogP contribution is 2.18. The summed E-state index contributed by atoms with van der Waals surface area (Å²) in [5, 5.41) is 3.00. The highest BCUT2D eigenvalue weighted by atomic mass is 16.5. The first kappa shape index (κ1) is 25.2. The number of carbonyl (C=O) groups excluding carboxylic acids is 2. The molecular formula is C26H36N2O4. The number of nitrogens with zero attached hydrogens (tertiary/aromatic N) is 1. The molecule has 2 rings (SSSR count). The van der Waals surface area contributed by atoms with Crippen LogP contribution in [0.4, 0.5) is 0 Å². The quantitative estimate of drug-likeness (QED) is 0.494. The van der Waals surface area contributed by atoms with Crippen molar-refractivity contribution >= 4 is 11.8 Å². The summed E-state index contributed by atoms with van der Waals surface area (Å²) in [7, 11) is 1.62. The molecule has 1 N–H and O–H groups in total. The Balaban J connectivity index is 2.00. The lowest BCUT2D eigenvalue weighted by Crippen LogP contribution is -2.49. The SMILES string of the molecule is CCC(C)NC(=O)C(C)N(Cc1ccccc1C)C(=O)CCCOc1ccc(OC)cc1. The van der Waals surface area contributed by atoms with Crippen molar-refractivity contribution in [1.29, 1.82) is 0 Å². The van der Waals surface area contributed by atoms with Crippen LogP contribution in [0.5, 0.6) is 11.5 Å². The van der Waals surface area contributed by atoms with Crippen molar-refractivity contribution in [2.24, 2.45) is 0 Å². The lowest BCUT2D eigenvalue weighted by atomic mass is 10.1. The van der Waals surface area contributed by atoms with Gasteiger partial charge in [-0.2, -0.15) is 0 Å². The number of aryl methyl sites for hydroxylation is 1. The summed E-state index contributed by atoms with van der Waals surface area (Å²) in [6.45, 7) is 8.62. The first-order chi connectivity index (χ1) is 15.3. The smallest absolute Gasteiger partial charge is 0.242 e. The molecule has 2 unspecified atom stereocenters. The molecule has 0 aliphatic heterocycles. The third-order valence-electron chi connectivity index (χ3n) is 5.63. The molecule has 0 radical (unpaired) electrons. The highest BCUT2D eigenvalue weighted by molar-refractivity contribution is 5.87. The Kier molecular flexibility index (Phi) is 10.1. The van der Waals surface area contributed by atoms with Gasteiger partial charge in [0.1, 0.15) is 17.5 Å². The summed E-state index contributed by atoms with van der Waals surface area (Å²) >= 11 is 0. The Hall–Kier alpha value is -3.02. The third kappa shape index (κ3) is 7.59. The molecule has 6 heteroatoms. The van der Waals surface area contributed by atoms with Crippen LogP contribution in [-0.2, 0) is 16.1 Å². The summed E-state index contributed by atoms with van der Waals surface area (Å²) in [5.41, 5.74) is 2.14. The average molecular weight is 441 g/mol. The second kappa shape index (κ2) is 12.7. The van der Waals surface area contributed by atoms with Crippen LogP contribution >= 0.6 is 0 Å². The van der Waals surface area contributed by atoms with E-state index in [4.69, 9.17) is 9.47 Å². The number of ether oxygens (including phenoxy) is 2. The van der Waals surface area contributed by atoms with Gasteiger partial charge in [0.15, 0.2) is 0 Å². The fraction of sp³-hybridized carbons (Fsp3) is 0.462. The summed E-state index contributed by atoms with van der Waals surface area (Å²) in [6.07, 6.45) is 1.71. The van der Waals surface area contributed by atoms with E-state index in [0.29, 0.717) is 26.0 Å². The van der Waals surface area contributed by atoms with Gasteiger partial charge in [0.25, 0.3) is 0 Å². The zero-order valence-corrected chi connectivity index (χ0v) is 19.9. The fourth-order valence-corrected chi connectivity index (χ4v) is 3.25. The van der Waals surface area contributed by atoms with Crippen molar-refractivity contribution < 1.29 is 19.1 Å². The Morgan fingerprint density at radius 1 is 1.03 bits per heavy atom. The molecule has 0 bridgehead atoms. The molecule has 0 heterocycles. The van der Waals surface area contributed by atoms with Crippen molar-refractivity contribution in [3.05, 3.63) is 59.7 Å². The van der Waals surface area contributed by atoms with Crippen molar-refractivity contribution in [3.8, 4) is 11.5 Å². The van der Waals surface area contributed by atoms with E-state index in [0.717, 1.165) is 29.0 Å². The normalized spacial score (nSPS) is 12.5. The predicted octanol–water partition coefficient (Wildman–Crippen LogP) is 4.49. The van der Waals surface area contributed by atoms with Crippen LogP contribution in [0.15, 0.2) is 48.5 Å². The van der Waals surface area contributed by atoms with Crippen molar-refractivity contribution in [2.75, 3.05) is 13.7 Å². The van der Waals surface area contributed by atoms with E-state index < -0.39 is 6.04 Å². The van der Waals surface area contributed by atoms with E-state index in [9.17, 15) is 9.59 Å². The van der Waals surface area contributed by atoms with Crippen LogP contribution in [0, 0.1) is 6.92 Å². The summed E-state index contributed by atoms with van der Waals surface area (Å²) in [5.74, 6) is 1.31. The second-order valence-corrected chi connectivity index (χ2v) is 8.07. The van der Waals surface area contributed by atoms with Gasteiger partial charge in [-0.25, -0.2) is 0 Å². The van der Waals surface area contributed by atoms with Gasteiger partial charge in [0, 0.05) is 19.0 Å². The van der Waals surface area contributed by atoms with E-state index in [-0.39, 0.29) is 17.9 Å². The van der Waals surface area contributed by atoms with E-state index in [1.165, 1.54) is 0 Å². The molecule has 2 aromatic rings. The molecule has 2 amide bonds. The lowest BCUT2D eigenvalue weighted by Gasteiger charge is -2.30. The van der Waals surface area contributed by atoms with E-state index in [2.05, 4.69) is 5.32 Å². The molecule has 6 nitrogen and oxygen atoms in total. The molecule has 0 saturated heterocycles. The number of hydrogen-bond donors (Lipinski definition) is 1. The van der Waals surface area contributed by atoms with Gasteiger partial charge in [-0.3, -0.25) is 9.59 Å². The van der Waals surface area contributed by atoms with Gasteiger partial charge in [-0.1, -0.05) is 31.2 Å². The predicted molar refractivity (Wildman–Crippen MR) is 127 cm³/mol. The Morgan fingerprint density at radius 2 is 1.69 bits per heavy atom. The largest absolute Gasteiger partial charge is 0.497 e. The minimum absolute atomic E-state index is 0.0571. The molecule has 2 aromatic carbocycles. The molecule has 2 atom stereocenters. The molecule has 0 saturated carbocycles. The molecule has 0 aliphatic carbocycles. The minimum Gasteiger partial charge on any atom is -0.497 e. The maximum absolute atomic E-state index is 13.1. The number of nitrogens with one attached hydrogen (secondary N) is 1. The number of methoxy groups -OCH3 is 1. The highest BCUT2D eigenvalue weighted by Gasteiger charge is 2.26. The Bertz CT molecular complexity index is 866. The monoisotopic (exact) mass is 440 g/mol. The minimum atomic E-state index is -0.557. The third-order valence-corrected chi connectivity index (χ3v) is 5.63. The maximum atomic E-state index is 13.1. The first-order valence-electron chi connectivity index (χ1n) is 11.3. The average Bonchev–Trinajstić information content (AvgIpc) is 2.80. The van der Waals surface area contributed by atoms with Crippen molar-refractivity contribution in [3.63, 3.8) is 0 Å². The van der Waals surface area contributed by atoms with Crippen LogP contribution < -0.4 is 14.8 Å². The zero-order valence-electron chi connectivity index (χ0n) is 19.9. The van der Waals surface area contributed by atoms with Gasteiger partial charge in [0.05, 0.1) is 13.7 Å². The van der Waals surface area contributed by atoms with Crippen molar-refractivity contribution in [1.82, 2.24) is 10.2 Å². The van der Waals surface area contributed by atoms with Gasteiger partial charge < -0.3 is 19.7 Å². The van der Waals surface area contributed by atoms with E-state index >= 15 is 0 Å². The van der Waals surface area contributed by atoms with E-state index in [1.54, 1.807) is 18.9 Å². The van der Waals surface area contributed by atoms with Crippen LogP contribution in [0.25, 0.3) is 0 Å². The summed E-state index contributed by atoms with van der Waals surface area (Å²) in [6, 6.07) is 14.8. The van der Waals surface area contributed by atoms with Gasteiger partial charge in [-0.15, -0.1) is 0 Å². The molecule has 0 aromatic heterocycles. The first-order valence-corrected chi connectivity index (χ1v) is 11.3. The van der Waals surface area contributed by atoms with Gasteiger partial charge >= 0.3 is 0 Å². The fourth-order valence-electron chi connectivity index (χ4n) is 3.25. The standard InChI is InChI=1S/C26H36N2O4/c1-6-20(3)27-26(30)21(4)28(18-22-11-8-7-10-19(22)2)25(29)12-9-17-32-24-15-13-23(31-5)14-16-24/h7-8,10-11,13-16,20-21H,6,9,12,17-18H2,1-5H3,(H,27,30). The van der Waals surface area contributed by atoms with Crippen molar-refractivity contribution in [2.45, 2.75) is 65.6 Å². The maximum Gasteiger partial charge on any atom is 0.242 e. The number of carbonyl (C=O) groups is 2. The number of benzene rings is 2. The molecule has 0 aliphatic rings. The van der Waals surface area contributed by atoms with E-state index in [1.807, 2.05) is 69.3 Å². The van der Waals surface area contributed by atoms with Gasteiger partial charge in [-0.05, 0) is 69.0 Å². The Morgan fingerprint density at radius 3 is 2.31 bits per heavy atom. The van der Waals surface area contributed by atoms with Crippen LogP contribution in [0.1, 0.15) is 51.2 Å². The van der Waals surface area contributed by atoms with Gasteiger partial charge in [0.2, 0.25) is 11.8 Å². The second-order valence-electron chi connectivity index (χ2n) is 8.07. The molecule has 0 spiro atoms.